The highest BCUT2D eigenvalue weighted by Crippen LogP contribution is 2.31. The van der Waals surface area contributed by atoms with Crippen LogP contribution in [0.15, 0.2) is 63.8 Å². The first kappa shape index (κ1) is 18.1. The standard InChI is InChI=1S/C21H13ClN4OS/c1-13-25-20-19(18(12-28-20)16-6-8-17(22)9-7-16)21(27)26(13)24-11-15-4-2-14(10-23)3-5-15/h2-9,11-12H,1H3/b24-11-. The smallest absolute Gasteiger partial charge is 0.267 e. The summed E-state index contributed by atoms with van der Waals surface area (Å²) in [6.07, 6.45) is 1.58. The molecule has 0 aliphatic carbocycles. The van der Waals surface area contributed by atoms with Crippen LogP contribution in [-0.4, -0.2) is 15.9 Å². The molecule has 7 heteroatoms. The zero-order chi connectivity index (χ0) is 19.7. The van der Waals surface area contributed by atoms with Crippen molar-refractivity contribution < 1.29 is 0 Å². The lowest BCUT2D eigenvalue weighted by Gasteiger charge is -2.05. The maximum atomic E-state index is 13.1. The van der Waals surface area contributed by atoms with Gasteiger partial charge < -0.3 is 0 Å². The molecule has 0 spiro atoms. The second-order valence-electron chi connectivity index (χ2n) is 6.09. The summed E-state index contributed by atoms with van der Waals surface area (Å²) in [5.41, 5.74) is 2.85. The number of benzene rings is 2. The molecule has 2 heterocycles. The summed E-state index contributed by atoms with van der Waals surface area (Å²) in [5.74, 6) is 0.506. The van der Waals surface area contributed by atoms with E-state index >= 15 is 0 Å². The third-order valence-electron chi connectivity index (χ3n) is 4.27. The van der Waals surface area contributed by atoms with Crippen molar-refractivity contribution in [2.24, 2.45) is 5.10 Å². The number of aromatic nitrogens is 2. The van der Waals surface area contributed by atoms with Crippen LogP contribution in [0.2, 0.25) is 5.02 Å². The number of nitrogens with zero attached hydrogens (tertiary/aromatic N) is 4. The molecule has 2 aromatic heterocycles. The van der Waals surface area contributed by atoms with Crippen molar-refractivity contribution in [3.8, 4) is 17.2 Å². The molecule has 4 rings (SSSR count). The van der Waals surface area contributed by atoms with E-state index < -0.39 is 0 Å². The van der Waals surface area contributed by atoms with Crippen LogP contribution in [0, 0.1) is 18.3 Å². The average molecular weight is 405 g/mol. The number of fused-ring (bicyclic) bond motifs is 1. The molecule has 0 unspecified atom stereocenters. The fourth-order valence-electron chi connectivity index (χ4n) is 2.83. The summed E-state index contributed by atoms with van der Waals surface area (Å²) in [7, 11) is 0. The molecule has 0 N–H and O–H groups in total. The second-order valence-corrected chi connectivity index (χ2v) is 7.39. The number of halogens is 1. The summed E-state index contributed by atoms with van der Waals surface area (Å²) >= 11 is 7.40. The largest absolute Gasteiger partial charge is 0.283 e. The zero-order valence-corrected chi connectivity index (χ0v) is 16.3. The Kier molecular flexibility index (Phi) is 4.78. The van der Waals surface area contributed by atoms with Gasteiger partial charge in [-0.15, -0.1) is 11.3 Å². The van der Waals surface area contributed by atoms with Gasteiger partial charge in [-0.2, -0.15) is 15.0 Å². The van der Waals surface area contributed by atoms with Crippen LogP contribution in [0.4, 0.5) is 0 Å². The SMILES string of the molecule is Cc1nc2scc(-c3ccc(Cl)cc3)c2c(=O)n1/N=C\c1ccc(C#N)cc1. The molecule has 5 nitrogen and oxygen atoms in total. The Labute approximate surface area is 169 Å². The third kappa shape index (κ3) is 3.33. The van der Waals surface area contributed by atoms with E-state index in [4.69, 9.17) is 16.9 Å². The van der Waals surface area contributed by atoms with Crippen LogP contribution >= 0.6 is 22.9 Å². The minimum Gasteiger partial charge on any atom is -0.267 e. The zero-order valence-electron chi connectivity index (χ0n) is 14.8. The van der Waals surface area contributed by atoms with E-state index in [0.29, 0.717) is 26.6 Å². The van der Waals surface area contributed by atoms with Gasteiger partial charge in [-0.1, -0.05) is 35.9 Å². The first-order chi connectivity index (χ1) is 13.6. The Balaban J connectivity index is 1.81. The van der Waals surface area contributed by atoms with Gasteiger partial charge in [0.15, 0.2) is 0 Å². The maximum absolute atomic E-state index is 13.1. The molecule has 0 saturated heterocycles. The fraction of sp³-hybridized carbons (Fsp3) is 0.0476. The Morgan fingerprint density at radius 1 is 1.18 bits per heavy atom. The summed E-state index contributed by atoms with van der Waals surface area (Å²) in [6, 6.07) is 16.4. The highest BCUT2D eigenvalue weighted by atomic mass is 35.5. The van der Waals surface area contributed by atoms with Crippen LogP contribution in [-0.2, 0) is 0 Å². The van der Waals surface area contributed by atoms with Crippen LogP contribution in [0.3, 0.4) is 0 Å². The monoisotopic (exact) mass is 404 g/mol. The van der Waals surface area contributed by atoms with Gasteiger partial charge in [0.25, 0.3) is 5.56 Å². The molecule has 0 aliphatic rings. The molecule has 0 bridgehead atoms. The van der Waals surface area contributed by atoms with Gasteiger partial charge in [-0.3, -0.25) is 4.79 Å². The molecule has 4 aromatic rings. The molecule has 0 saturated carbocycles. The van der Waals surface area contributed by atoms with Crippen LogP contribution in [0.1, 0.15) is 17.0 Å². The summed E-state index contributed by atoms with van der Waals surface area (Å²) < 4.78 is 1.30. The molecule has 2 aromatic carbocycles. The summed E-state index contributed by atoms with van der Waals surface area (Å²) in [5, 5.41) is 16.3. The number of aryl methyl sites for hydroxylation is 1. The van der Waals surface area contributed by atoms with Gasteiger partial charge in [-0.25, -0.2) is 4.98 Å². The lowest BCUT2D eigenvalue weighted by Crippen LogP contribution is -2.20. The average Bonchev–Trinajstić information content (AvgIpc) is 3.12. The topological polar surface area (TPSA) is 71.0 Å². The van der Waals surface area contributed by atoms with Gasteiger partial charge in [0, 0.05) is 16.0 Å². The summed E-state index contributed by atoms with van der Waals surface area (Å²) in [6.45, 7) is 1.75. The van der Waals surface area contributed by atoms with Crippen molar-refractivity contribution in [3.05, 3.63) is 86.2 Å². The Morgan fingerprint density at radius 3 is 2.57 bits per heavy atom. The Morgan fingerprint density at radius 2 is 1.89 bits per heavy atom. The molecule has 0 radical (unpaired) electrons. The van der Waals surface area contributed by atoms with Gasteiger partial charge in [0.05, 0.1) is 23.2 Å². The van der Waals surface area contributed by atoms with Crippen LogP contribution < -0.4 is 5.56 Å². The Hall–Kier alpha value is -3.27. The minimum absolute atomic E-state index is 0.224. The minimum atomic E-state index is -0.224. The quantitative estimate of drug-likeness (QED) is 0.458. The number of thiophene rings is 1. The highest BCUT2D eigenvalue weighted by Gasteiger charge is 2.15. The van der Waals surface area contributed by atoms with E-state index in [1.54, 1.807) is 49.5 Å². The number of rotatable bonds is 3. The molecular weight excluding hydrogens is 392 g/mol. The first-order valence-corrected chi connectivity index (χ1v) is 9.64. The van der Waals surface area contributed by atoms with E-state index in [1.165, 1.54) is 16.0 Å². The maximum Gasteiger partial charge on any atom is 0.283 e. The molecule has 0 amide bonds. The van der Waals surface area contributed by atoms with Gasteiger partial charge in [0.1, 0.15) is 10.7 Å². The van der Waals surface area contributed by atoms with E-state index in [1.807, 2.05) is 17.5 Å². The fourth-order valence-corrected chi connectivity index (χ4v) is 3.94. The van der Waals surface area contributed by atoms with Crippen molar-refractivity contribution >= 4 is 39.4 Å². The highest BCUT2D eigenvalue weighted by molar-refractivity contribution is 7.17. The predicted octanol–water partition coefficient (Wildman–Crippen LogP) is 4.84. The molecule has 28 heavy (non-hydrogen) atoms. The Bertz CT molecular complexity index is 1300. The number of hydrogen-bond donors (Lipinski definition) is 0. The van der Waals surface area contributed by atoms with Crippen molar-refractivity contribution in [1.82, 2.24) is 9.66 Å². The lowest BCUT2D eigenvalue weighted by molar-refractivity contribution is 0.772. The van der Waals surface area contributed by atoms with E-state index in [9.17, 15) is 4.79 Å². The molecule has 0 fully saturated rings. The number of nitriles is 1. The molecule has 136 valence electrons. The first-order valence-electron chi connectivity index (χ1n) is 8.38. The summed E-state index contributed by atoms with van der Waals surface area (Å²) in [4.78, 5) is 18.4. The van der Waals surface area contributed by atoms with E-state index in [0.717, 1.165) is 16.7 Å². The van der Waals surface area contributed by atoms with Crippen molar-refractivity contribution in [1.29, 1.82) is 5.26 Å². The lowest BCUT2D eigenvalue weighted by atomic mass is 10.1. The number of hydrogen-bond acceptors (Lipinski definition) is 5. The second kappa shape index (κ2) is 7.39. The van der Waals surface area contributed by atoms with Crippen LogP contribution in [0.5, 0.6) is 0 Å². The van der Waals surface area contributed by atoms with Gasteiger partial charge >= 0.3 is 0 Å². The van der Waals surface area contributed by atoms with Crippen LogP contribution in [0.25, 0.3) is 21.3 Å². The molecule has 0 atom stereocenters. The normalized spacial score (nSPS) is 11.2. The van der Waals surface area contributed by atoms with E-state index in [-0.39, 0.29) is 5.56 Å². The predicted molar refractivity (Wildman–Crippen MR) is 113 cm³/mol. The molecule has 0 aliphatic heterocycles. The van der Waals surface area contributed by atoms with E-state index in [2.05, 4.69) is 16.2 Å². The third-order valence-corrected chi connectivity index (χ3v) is 5.39. The van der Waals surface area contributed by atoms with Gasteiger partial charge in [-0.05, 0) is 42.3 Å². The van der Waals surface area contributed by atoms with Crippen molar-refractivity contribution in [3.63, 3.8) is 0 Å². The van der Waals surface area contributed by atoms with Crippen molar-refractivity contribution in [2.45, 2.75) is 6.92 Å². The van der Waals surface area contributed by atoms with Gasteiger partial charge in [0.2, 0.25) is 0 Å². The van der Waals surface area contributed by atoms with Crippen molar-refractivity contribution in [2.75, 3.05) is 0 Å². The molecular formula is C21H13ClN4OS.